The fraction of sp³-hybridized carbons (Fsp3) is 0.200. The quantitative estimate of drug-likeness (QED) is 0.466. The number of ether oxygens (including phenoxy) is 2. The Balaban J connectivity index is 2.03. The van der Waals surface area contributed by atoms with Gasteiger partial charge in [0.2, 0.25) is 11.8 Å². The van der Waals surface area contributed by atoms with Gasteiger partial charge in [-0.2, -0.15) is 17.6 Å². The van der Waals surface area contributed by atoms with Gasteiger partial charge in [0, 0.05) is 36.9 Å². The minimum Gasteiger partial charge on any atom is -0.435 e. The van der Waals surface area contributed by atoms with Crippen LogP contribution >= 0.6 is 0 Å². The highest BCUT2D eigenvalue weighted by atomic mass is 19.3. The third kappa shape index (κ3) is 7.82. The van der Waals surface area contributed by atoms with E-state index in [1.54, 1.807) is 24.3 Å². The maximum absolute atomic E-state index is 12.6. The average Bonchev–Trinajstić information content (AvgIpc) is 2.64. The summed E-state index contributed by atoms with van der Waals surface area (Å²) in [7, 11) is 0. The molecule has 0 fully saturated rings. The molecule has 0 aliphatic rings. The maximum Gasteiger partial charge on any atom is 0.387 e. The van der Waals surface area contributed by atoms with Gasteiger partial charge in [0.15, 0.2) is 0 Å². The molecular weight excluding hydrogens is 408 g/mol. The first-order chi connectivity index (χ1) is 14.2. The lowest BCUT2D eigenvalue weighted by Gasteiger charge is -2.11. The molecule has 10 heteroatoms. The summed E-state index contributed by atoms with van der Waals surface area (Å²) in [6, 6.07) is 10.0. The highest BCUT2D eigenvalue weighted by Crippen LogP contribution is 2.28. The molecule has 2 aromatic rings. The zero-order valence-corrected chi connectivity index (χ0v) is 15.7. The van der Waals surface area contributed by atoms with Crippen molar-refractivity contribution in [1.29, 1.82) is 0 Å². The molecule has 0 aromatic heterocycles. The fourth-order valence-corrected chi connectivity index (χ4v) is 2.40. The summed E-state index contributed by atoms with van der Waals surface area (Å²) >= 11 is 0. The van der Waals surface area contributed by atoms with Crippen LogP contribution in [0.15, 0.2) is 48.5 Å². The standard InChI is InChI=1S/C20H18F4N2O4/c1-12(27)26-15-4-2-3-13(9-15)11-25-18(28)8-6-14-5-7-16(29-19(21)22)10-17(14)30-20(23)24/h2-10,19-20H,11H2,1H3,(H,25,28)(H,26,27)/b8-6+. The van der Waals surface area contributed by atoms with Crippen molar-refractivity contribution in [2.24, 2.45) is 0 Å². The van der Waals surface area contributed by atoms with Gasteiger partial charge in [0.1, 0.15) is 11.5 Å². The Bertz CT molecular complexity index is 919. The Morgan fingerprint density at radius 1 is 1.03 bits per heavy atom. The van der Waals surface area contributed by atoms with Crippen LogP contribution in [0, 0.1) is 0 Å². The second kappa shape index (κ2) is 10.8. The Morgan fingerprint density at radius 3 is 2.43 bits per heavy atom. The summed E-state index contributed by atoms with van der Waals surface area (Å²) in [6.07, 6.45) is 2.28. The van der Waals surface area contributed by atoms with Crippen LogP contribution in [-0.4, -0.2) is 25.0 Å². The molecule has 6 nitrogen and oxygen atoms in total. The number of benzene rings is 2. The van der Waals surface area contributed by atoms with Crippen LogP contribution < -0.4 is 20.1 Å². The van der Waals surface area contributed by atoms with E-state index in [1.807, 2.05) is 0 Å². The molecule has 0 aliphatic heterocycles. The lowest BCUT2D eigenvalue weighted by atomic mass is 10.1. The number of carbonyl (C=O) groups is 2. The molecular formula is C20H18F4N2O4. The number of hydrogen-bond acceptors (Lipinski definition) is 4. The number of anilines is 1. The highest BCUT2D eigenvalue weighted by Gasteiger charge is 2.12. The first-order valence-corrected chi connectivity index (χ1v) is 8.59. The van der Waals surface area contributed by atoms with Crippen LogP contribution in [0.3, 0.4) is 0 Å². The number of amides is 2. The van der Waals surface area contributed by atoms with Gasteiger partial charge in [-0.15, -0.1) is 0 Å². The zero-order chi connectivity index (χ0) is 22.1. The Hall–Kier alpha value is -3.56. The zero-order valence-electron chi connectivity index (χ0n) is 15.7. The molecule has 30 heavy (non-hydrogen) atoms. The van der Waals surface area contributed by atoms with Crippen LogP contribution in [0.4, 0.5) is 23.2 Å². The summed E-state index contributed by atoms with van der Waals surface area (Å²) in [5.74, 6) is -1.54. The number of rotatable bonds is 9. The number of alkyl halides is 4. The summed E-state index contributed by atoms with van der Waals surface area (Å²) in [5.41, 5.74) is 1.36. The van der Waals surface area contributed by atoms with E-state index >= 15 is 0 Å². The van der Waals surface area contributed by atoms with E-state index in [-0.39, 0.29) is 23.8 Å². The second-order valence-electron chi connectivity index (χ2n) is 5.89. The lowest BCUT2D eigenvalue weighted by molar-refractivity contribution is -0.116. The predicted octanol–water partition coefficient (Wildman–Crippen LogP) is 4.18. The normalized spacial score (nSPS) is 11.0. The summed E-state index contributed by atoms with van der Waals surface area (Å²) < 4.78 is 58.2. The van der Waals surface area contributed by atoms with Crippen molar-refractivity contribution < 1.29 is 36.6 Å². The number of nitrogens with one attached hydrogen (secondary N) is 2. The van der Waals surface area contributed by atoms with Crippen LogP contribution in [0.25, 0.3) is 6.08 Å². The summed E-state index contributed by atoms with van der Waals surface area (Å²) in [4.78, 5) is 23.1. The van der Waals surface area contributed by atoms with Gasteiger partial charge in [0.05, 0.1) is 0 Å². The molecule has 2 aromatic carbocycles. The van der Waals surface area contributed by atoms with Crippen molar-refractivity contribution in [3.8, 4) is 11.5 Å². The minimum absolute atomic E-state index is 0.0692. The molecule has 0 bridgehead atoms. The van der Waals surface area contributed by atoms with Crippen molar-refractivity contribution in [2.45, 2.75) is 26.7 Å². The highest BCUT2D eigenvalue weighted by molar-refractivity contribution is 5.92. The minimum atomic E-state index is -3.19. The van der Waals surface area contributed by atoms with Crippen molar-refractivity contribution >= 4 is 23.6 Å². The average molecular weight is 426 g/mol. The largest absolute Gasteiger partial charge is 0.435 e. The molecule has 2 N–H and O–H groups in total. The third-order valence-electron chi connectivity index (χ3n) is 3.55. The van der Waals surface area contributed by atoms with Crippen LogP contribution in [0.5, 0.6) is 11.5 Å². The Labute approximate surface area is 169 Å². The molecule has 160 valence electrons. The molecule has 0 heterocycles. The van der Waals surface area contributed by atoms with E-state index in [4.69, 9.17) is 0 Å². The topological polar surface area (TPSA) is 76.7 Å². The SMILES string of the molecule is CC(=O)Nc1cccc(CNC(=O)/C=C/c2ccc(OC(F)F)cc2OC(F)F)c1. The van der Waals surface area contributed by atoms with E-state index < -0.39 is 24.9 Å². The number of halogens is 4. The molecule has 0 saturated heterocycles. The van der Waals surface area contributed by atoms with Crippen molar-refractivity contribution in [3.63, 3.8) is 0 Å². The Morgan fingerprint density at radius 2 is 1.77 bits per heavy atom. The smallest absolute Gasteiger partial charge is 0.387 e. The van der Waals surface area contributed by atoms with E-state index in [2.05, 4.69) is 20.1 Å². The molecule has 0 aliphatic carbocycles. The summed E-state index contributed by atoms with van der Waals surface area (Å²) in [5, 5.41) is 5.22. The number of hydrogen-bond donors (Lipinski definition) is 2. The van der Waals surface area contributed by atoms with Crippen LogP contribution in [-0.2, 0) is 16.1 Å². The van der Waals surface area contributed by atoms with Gasteiger partial charge in [-0.25, -0.2) is 0 Å². The van der Waals surface area contributed by atoms with Gasteiger partial charge in [-0.3, -0.25) is 9.59 Å². The van der Waals surface area contributed by atoms with E-state index in [0.717, 1.165) is 23.8 Å². The molecule has 2 rings (SSSR count). The third-order valence-corrected chi connectivity index (χ3v) is 3.55. The van der Waals surface area contributed by atoms with E-state index in [9.17, 15) is 27.2 Å². The van der Waals surface area contributed by atoms with E-state index in [1.165, 1.54) is 19.1 Å². The number of carbonyl (C=O) groups excluding carboxylic acids is 2. The molecule has 0 saturated carbocycles. The van der Waals surface area contributed by atoms with Gasteiger partial charge in [0.25, 0.3) is 0 Å². The van der Waals surface area contributed by atoms with Crippen molar-refractivity contribution in [1.82, 2.24) is 5.32 Å². The van der Waals surface area contributed by atoms with Crippen molar-refractivity contribution in [3.05, 3.63) is 59.7 Å². The van der Waals surface area contributed by atoms with Crippen molar-refractivity contribution in [2.75, 3.05) is 5.32 Å². The molecule has 0 spiro atoms. The summed E-state index contributed by atoms with van der Waals surface area (Å²) in [6.45, 7) is -4.79. The van der Waals surface area contributed by atoms with Crippen LogP contribution in [0.1, 0.15) is 18.1 Å². The first-order valence-electron chi connectivity index (χ1n) is 8.59. The second-order valence-corrected chi connectivity index (χ2v) is 5.89. The van der Waals surface area contributed by atoms with Gasteiger partial charge < -0.3 is 20.1 Å². The van der Waals surface area contributed by atoms with Gasteiger partial charge in [-0.1, -0.05) is 12.1 Å². The monoisotopic (exact) mass is 426 g/mol. The fourth-order valence-electron chi connectivity index (χ4n) is 2.40. The molecule has 2 amide bonds. The van der Waals surface area contributed by atoms with Crippen LogP contribution in [0.2, 0.25) is 0 Å². The van der Waals surface area contributed by atoms with Gasteiger partial charge >= 0.3 is 13.2 Å². The molecule has 0 radical (unpaired) electrons. The van der Waals surface area contributed by atoms with E-state index in [0.29, 0.717) is 5.69 Å². The van der Waals surface area contributed by atoms with Gasteiger partial charge in [-0.05, 0) is 35.9 Å². The predicted molar refractivity (Wildman–Crippen MR) is 101 cm³/mol. The maximum atomic E-state index is 12.6. The lowest BCUT2D eigenvalue weighted by Crippen LogP contribution is -2.20. The molecule has 0 atom stereocenters. The first kappa shape index (κ1) is 22.7. The Kier molecular flexibility index (Phi) is 8.21. The molecule has 0 unspecified atom stereocenters.